The van der Waals surface area contributed by atoms with Crippen LogP contribution in [0.3, 0.4) is 0 Å². The lowest BCUT2D eigenvalue weighted by molar-refractivity contribution is -0.384. The second kappa shape index (κ2) is 8.70. The number of para-hydroxylation sites is 1. The fourth-order valence-corrected chi connectivity index (χ4v) is 2.51. The van der Waals surface area contributed by atoms with E-state index >= 15 is 0 Å². The van der Waals surface area contributed by atoms with Gasteiger partial charge in [0.05, 0.1) is 4.92 Å². The molecule has 0 heterocycles. The van der Waals surface area contributed by atoms with Crippen LogP contribution in [0.5, 0.6) is 0 Å². The van der Waals surface area contributed by atoms with Crippen molar-refractivity contribution >= 4 is 40.7 Å². The third kappa shape index (κ3) is 5.22. The summed E-state index contributed by atoms with van der Waals surface area (Å²) in [6.07, 6.45) is 2.80. The molecule has 2 aromatic carbocycles. The highest BCUT2D eigenvalue weighted by atomic mass is 32.1. The molecular formula is C18H17N3O3S. The molecule has 2 aromatic rings. The normalized spacial score (nSPS) is 10.4. The van der Waals surface area contributed by atoms with Crippen LogP contribution in [-0.4, -0.2) is 22.5 Å². The van der Waals surface area contributed by atoms with E-state index in [-0.39, 0.29) is 5.69 Å². The molecule has 2 rings (SSSR count). The molecule has 0 radical (unpaired) electrons. The molecule has 128 valence electrons. The van der Waals surface area contributed by atoms with Gasteiger partial charge in [-0.2, -0.15) is 0 Å². The number of amides is 1. The van der Waals surface area contributed by atoms with E-state index in [0.717, 1.165) is 5.69 Å². The van der Waals surface area contributed by atoms with E-state index in [1.165, 1.54) is 24.3 Å². The van der Waals surface area contributed by atoms with E-state index in [1.54, 1.807) is 17.0 Å². The SMILES string of the molecule is CCN(C(=S)NC(=O)/C=C/c1cccc([N+](=O)[O-])c1)c1ccccc1. The molecule has 0 saturated carbocycles. The molecule has 0 atom stereocenters. The number of nitrogens with zero attached hydrogens (tertiary/aromatic N) is 2. The third-order valence-electron chi connectivity index (χ3n) is 3.37. The zero-order chi connectivity index (χ0) is 18.2. The maximum absolute atomic E-state index is 12.1. The second-order valence-corrected chi connectivity index (χ2v) is 5.45. The first kappa shape index (κ1) is 18.3. The minimum atomic E-state index is -0.481. The van der Waals surface area contributed by atoms with Crippen LogP contribution in [0.2, 0.25) is 0 Å². The Morgan fingerprint density at radius 2 is 1.96 bits per heavy atom. The van der Waals surface area contributed by atoms with E-state index in [4.69, 9.17) is 12.2 Å². The monoisotopic (exact) mass is 355 g/mol. The molecule has 25 heavy (non-hydrogen) atoms. The number of benzene rings is 2. The second-order valence-electron chi connectivity index (χ2n) is 5.06. The van der Waals surface area contributed by atoms with Gasteiger partial charge in [-0.15, -0.1) is 0 Å². The summed E-state index contributed by atoms with van der Waals surface area (Å²) in [5.74, 6) is -0.397. The molecule has 7 heteroatoms. The van der Waals surface area contributed by atoms with Crippen LogP contribution in [0.1, 0.15) is 12.5 Å². The average molecular weight is 355 g/mol. The van der Waals surface area contributed by atoms with Crippen LogP contribution in [0.15, 0.2) is 60.7 Å². The Kier molecular flexibility index (Phi) is 6.36. The summed E-state index contributed by atoms with van der Waals surface area (Å²) in [6.45, 7) is 2.54. The number of non-ortho nitro benzene ring substituents is 1. The molecule has 0 aliphatic rings. The molecule has 0 aliphatic carbocycles. The number of hydrogen-bond acceptors (Lipinski definition) is 4. The molecule has 0 aliphatic heterocycles. The first-order chi connectivity index (χ1) is 12.0. The van der Waals surface area contributed by atoms with Gasteiger partial charge in [0.2, 0.25) is 5.91 Å². The number of thiocarbonyl (C=S) groups is 1. The number of carbonyl (C=O) groups is 1. The molecule has 0 aromatic heterocycles. The Hall–Kier alpha value is -3.06. The first-order valence-corrected chi connectivity index (χ1v) is 8.02. The summed E-state index contributed by atoms with van der Waals surface area (Å²) in [5, 5.41) is 13.7. The molecule has 0 bridgehead atoms. The quantitative estimate of drug-likeness (QED) is 0.384. The summed E-state index contributed by atoms with van der Waals surface area (Å²) >= 11 is 5.29. The van der Waals surface area contributed by atoms with Crippen molar-refractivity contribution in [2.45, 2.75) is 6.92 Å². The van der Waals surface area contributed by atoms with Crippen molar-refractivity contribution in [1.29, 1.82) is 0 Å². The lowest BCUT2D eigenvalue weighted by Gasteiger charge is -2.23. The van der Waals surface area contributed by atoms with Gasteiger partial charge in [-0.25, -0.2) is 0 Å². The molecule has 1 N–H and O–H groups in total. The van der Waals surface area contributed by atoms with Crippen molar-refractivity contribution in [2.24, 2.45) is 0 Å². The largest absolute Gasteiger partial charge is 0.319 e. The third-order valence-corrected chi connectivity index (χ3v) is 3.69. The van der Waals surface area contributed by atoms with Crippen molar-refractivity contribution in [3.8, 4) is 0 Å². The number of rotatable bonds is 5. The van der Waals surface area contributed by atoms with Crippen LogP contribution in [-0.2, 0) is 4.79 Å². The number of anilines is 1. The Morgan fingerprint density at radius 3 is 2.60 bits per heavy atom. The minimum absolute atomic E-state index is 0.0284. The van der Waals surface area contributed by atoms with Crippen LogP contribution < -0.4 is 10.2 Å². The summed E-state index contributed by atoms with van der Waals surface area (Å²) in [5.41, 5.74) is 1.42. The number of hydrogen-bond donors (Lipinski definition) is 1. The molecule has 1 amide bonds. The molecule has 6 nitrogen and oxygen atoms in total. The maximum Gasteiger partial charge on any atom is 0.270 e. The Bertz CT molecular complexity index is 806. The van der Waals surface area contributed by atoms with Crippen molar-refractivity contribution in [3.05, 3.63) is 76.4 Å². The predicted molar refractivity (Wildman–Crippen MR) is 102 cm³/mol. The van der Waals surface area contributed by atoms with E-state index in [0.29, 0.717) is 17.2 Å². The Morgan fingerprint density at radius 1 is 1.24 bits per heavy atom. The predicted octanol–water partition coefficient (Wildman–Crippen LogP) is 3.54. The fourth-order valence-electron chi connectivity index (χ4n) is 2.18. The molecule has 0 unspecified atom stereocenters. The van der Waals surface area contributed by atoms with Crippen molar-refractivity contribution in [3.63, 3.8) is 0 Å². The maximum atomic E-state index is 12.1. The van der Waals surface area contributed by atoms with Crippen LogP contribution in [0.25, 0.3) is 6.08 Å². The standard InChI is InChI=1S/C18H17N3O3S/c1-2-20(15-8-4-3-5-9-15)18(25)19-17(22)12-11-14-7-6-10-16(13-14)21(23)24/h3-13H,2H2,1H3,(H,19,22,25)/b12-11+. The van der Waals surface area contributed by atoms with Gasteiger partial charge in [0, 0.05) is 30.4 Å². The highest BCUT2D eigenvalue weighted by Crippen LogP contribution is 2.15. The molecule has 0 saturated heterocycles. The van der Waals surface area contributed by atoms with Gasteiger partial charge in [-0.05, 0) is 42.9 Å². The Balaban J connectivity index is 2.02. The molecular weight excluding hydrogens is 338 g/mol. The Labute approximate surface area is 150 Å². The van der Waals surface area contributed by atoms with E-state index in [9.17, 15) is 14.9 Å². The zero-order valence-electron chi connectivity index (χ0n) is 13.6. The van der Waals surface area contributed by atoms with Gasteiger partial charge in [-0.1, -0.05) is 30.3 Å². The lowest BCUT2D eigenvalue weighted by Crippen LogP contribution is -2.42. The summed E-state index contributed by atoms with van der Waals surface area (Å²) in [4.78, 5) is 24.1. The van der Waals surface area contributed by atoms with Crippen LogP contribution >= 0.6 is 12.2 Å². The molecule has 0 fully saturated rings. The van der Waals surface area contributed by atoms with Gasteiger partial charge in [0.25, 0.3) is 5.69 Å². The number of nitro benzene ring substituents is 1. The van der Waals surface area contributed by atoms with E-state index in [1.807, 2.05) is 37.3 Å². The van der Waals surface area contributed by atoms with Crippen molar-refractivity contribution < 1.29 is 9.72 Å². The highest BCUT2D eigenvalue weighted by molar-refractivity contribution is 7.80. The van der Waals surface area contributed by atoms with Crippen molar-refractivity contribution in [1.82, 2.24) is 5.32 Å². The van der Waals surface area contributed by atoms with E-state index < -0.39 is 10.8 Å². The van der Waals surface area contributed by atoms with Crippen LogP contribution in [0.4, 0.5) is 11.4 Å². The summed E-state index contributed by atoms with van der Waals surface area (Å²) in [7, 11) is 0. The van der Waals surface area contributed by atoms with Crippen molar-refractivity contribution in [2.75, 3.05) is 11.4 Å². The summed E-state index contributed by atoms with van der Waals surface area (Å²) in [6, 6.07) is 15.5. The highest BCUT2D eigenvalue weighted by Gasteiger charge is 2.11. The minimum Gasteiger partial charge on any atom is -0.319 e. The molecule has 0 spiro atoms. The number of nitrogens with one attached hydrogen (secondary N) is 1. The average Bonchev–Trinajstić information content (AvgIpc) is 2.61. The first-order valence-electron chi connectivity index (χ1n) is 7.61. The van der Waals surface area contributed by atoms with Gasteiger partial charge >= 0.3 is 0 Å². The number of carbonyl (C=O) groups excluding carboxylic acids is 1. The lowest BCUT2D eigenvalue weighted by atomic mass is 10.2. The number of nitro groups is 1. The van der Waals surface area contributed by atoms with Crippen LogP contribution in [0, 0.1) is 10.1 Å². The fraction of sp³-hybridized carbons (Fsp3) is 0.111. The van der Waals surface area contributed by atoms with Gasteiger partial charge in [-0.3, -0.25) is 20.2 Å². The van der Waals surface area contributed by atoms with E-state index in [2.05, 4.69) is 5.32 Å². The van der Waals surface area contributed by atoms with Gasteiger partial charge in [0.1, 0.15) is 0 Å². The van der Waals surface area contributed by atoms with Gasteiger partial charge < -0.3 is 4.90 Å². The zero-order valence-corrected chi connectivity index (χ0v) is 14.4. The summed E-state index contributed by atoms with van der Waals surface area (Å²) < 4.78 is 0. The topological polar surface area (TPSA) is 75.5 Å². The van der Waals surface area contributed by atoms with Gasteiger partial charge in [0.15, 0.2) is 5.11 Å². The smallest absolute Gasteiger partial charge is 0.270 e.